The number of aryl methyl sites for hydroxylation is 1. The van der Waals surface area contributed by atoms with Crippen molar-refractivity contribution in [1.29, 1.82) is 0 Å². The largest absolute Gasteiger partial charge is 0.327 e. The Morgan fingerprint density at radius 3 is 2.74 bits per heavy atom. The van der Waals surface area contributed by atoms with Gasteiger partial charge in [-0.15, -0.1) is 0 Å². The summed E-state index contributed by atoms with van der Waals surface area (Å²) in [6.45, 7) is 2.79. The van der Waals surface area contributed by atoms with Gasteiger partial charge in [0.25, 0.3) is 5.91 Å². The fraction of sp³-hybridized carbons (Fsp3) is 0.150. The quantitative estimate of drug-likeness (QED) is 0.552. The number of amides is 1. The number of carbonyl (C=O) groups is 1. The predicted molar refractivity (Wildman–Crippen MR) is 98.8 cm³/mol. The van der Waals surface area contributed by atoms with Gasteiger partial charge in [-0.1, -0.05) is 30.3 Å². The summed E-state index contributed by atoms with van der Waals surface area (Å²) in [5.74, 6) is 1.13. The van der Waals surface area contributed by atoms with Gasteiger partial charge in [0.05, 0.1) is 17.9 Å². The smallest absolute Gasteiger partial charge is 0.273 e. The molecule has 0 spiro atoms. The van der Waals surface area contributed by atoms with Gasteiger partial charge in [-0.3, -0.25) is 9.20 Å². The fourth-order valence-electron chi connectivity index (χ4n) is 3.43. The minimum absolute atomic E-state index is 0.0766. The van der Waals surface area contributed by atoms with Gasteiger partial charge in [0, 0.05) is 36.3 Å². The van der Waals surface area contributed by atoms with Crippen LogP contribution >= 0.6 is 0 Å². The lowest BCUT2D eigenvalue weighted by atomic mass is 10.2. The molecule has 4 aromatic rings. The second kappa shape index (κ2) is 5.98. The summed E-state index contributed by atoms with van der Waals surface area (Å²) in [7, 11) is 0. The molecule has 3 aromatic heterocycles. The maximum Gasteiger partial charge on any atom is 0.273 e. The van der Waals surface area contributed by atoms with E-state index in [9.17, 15) is 4.79 Å². The van der Waals surface area contributed by atoms with E-state index < -0.39 is 0 Å². The van der Waals surface area contributed by atoms with Crippen molar-refractivity contribution in [3.8, 4) is 11.4 Å². The molecule has 27 heavy (non-hydrogen) atoms. The summed E-state index contributed by atoms with van der Waals surface area (Å²) in [5, 5.41) is 0. The van der Waals surface area contributed by atoms with Crippen molar-refractivity contribution in [2.45, 2.75) is 20.0 Å². The van der Waals surface area contributed by atoms with Crippen LogP contribution in [-0.2, 0) is 13.1 Å². The number of hydrogen-bond acceptors (Lipinski definition) is 5. The first-order chi connectivity index (χ1) is 13.2. The van der Waals surface area contributed by atoms with Gasteiger partial charge in [0.15, 0.2) is 5.82 Å². The summed E-state index contributed by atoms with van der Waals surface area (Å²) in [4.78, 5) is 32.7. The van der Waals surface area contributed by atoms with Gasteiger partial charge in [-0.25, -0.2) is 19.9 Å². The Bertz CT molecular complexity index is 1170. The highest BCUT2D eigenvalue weighted by molar-refractivity contribution is 5.94. The third-order valence-electron chi connectivity index (χ3n) is 4.76. The monoisotopic (exact) mass is 356 g/mol. The second-order valence-corrected chi connectivity index (χ2v) is 6.53. The first kappa shape index (κ1) is 15.6. The van der Waals surface area contributed by atoms with Gasteiger partial charge in [0.1, 0.15) is 5.69 Å². The highest BCUT2D eigenvalue weighted by atomic mass is 16.2. The molecule has 5 rings (SSSR count). The Kier molecular flexibility index (Phi) is 3.46. The molecule has 0 fully saturated rings. The molecule has 1 amide bonds. The normalized spacial score (nSPS) is 13.1. The molecule has 4 heterocycles. The van der Waals surface area contributed by atoms with Crippen molar-refractivity contribution in [2.24, 2.45) is 0 Å². The van der Waals surface area contributed by atoms with Crippen LogP contribution in [0.1, 0.15) is 27.4 Å². The number of aromatic nitrogens is 5. The van der Waals surface area contributed by atoms with Gasteiger partial charge < -0.3 is 4.90 Å². The molecule has 1 aromatic carbocycles. The summed E-state index contributed by atoms with van der Waals surface area (Å²) in [6, 6.07) is 11.6. The number of rotatable bonds is 2. The summed E-state index contributed by atoms with van der Waals surface area (Å²) in [6.07, 6.45) is 5.30. The van der Waals surface area contributed by atoms with Crippen molar-refractivity contribution in [1.82, 2.24) is 29.2 Å². The van der Waals surface area contributed by atoms with Crippen LogP contribution in [0, 0.1) is 6.92 Å². The Balaban J connectivity index is 1.47. The van der Waals surface area contributed by atoms with Gasteiger partial charge in [0.2, 0.25) is 5.78 Å². The minimum atomic E-state index is -0.0766. The van der Waals surface area contributed by atoms with E-state index in [1.165, 1.54) is 0 Å². The molecule has 0 bridgehead atoms. The molecule has 0 unspecified atom stereocenters. The van der Waals surface area contributed by atoms with Gasteiger partial charge >= 0.3 is 0 Å². The number of nitrogens with zero attached hydrogens (tertiary/aromatic N) is 6. The van der Waals surface area contributed by atoms with Gasteiger partial charge in [-0.2, -0.15) is 0 Å². The zero-order chi connectivity index (χ0) is 18.4. The molecule has 0 aliphatic carbocycles. The minimum Gasteiger partial charge on any atom is -0.327 e. The Hall–Kier alpha value is -3.61. The van der Waals surface area contributed by atoms with Crippen molar-refractivity contribution >= 4 is 11.7 Å². The first-order valence-electron chi connectivity index (χ1n) is 8.70. The lowest BCUT2D eigenvalue weighted by Gasteiger charge is -2.15. The van der Waals surface area contributed by atoms with Crippen molar-refractivity contribution in [3.63, 3.8) is 0 Å². The lowest BCUT2D eigenvalue weighted by molar-refractivity contribution is 0.0742. The fourth-order valence-corrected chi connectivity index (χ4v) is 3.43. The molecule has 7 heteroatoms. The van der Waals surface area contributed by atoms with E-state index in [4.69, 9.17) is 0 Å². The number of fused-ring (bicyclic) bond motifs is 2. The Labute approximate surface area is 155 Å². The standard InChI is InChI=1S/C20H16N6O/c1-13-17(26-9-5-8-21-20(26)23-13)19(27)25-11-15-10-22-18(24-16(15)12-25)14-6-3-2-4-7-14/h2-10H,11-12H2,1H3. The molecule has 0 atom stereocenters. The summed E-state index contributed by atoms with van der Waals surface area (Å²) < 4.78 is 1.74. The third-order valence-corrected chi connectivity index (χ3v) is 4.76. The molecular formula is C20H16N6O. The maximum absolute atomic E-state index is 13.2. The van der Waals surface area contributed by atoms with Crippen molar-refractivity contribution in [3.05, 3.63) is 77.6 Å². The van der Waals surface area contributed by atoms with E-state index >= 15 is 0 Å². The number of carbonyl (C=O) groups excluding carboxylic acids is 1. The van der Waals surface area contributed by atoms with Gasteiger partial charge in [-0.05, 0) is 13.0 Å². The van der Waals surface area contributed by atoms with Crippen LogP contribution in [0.4, 0.5) is 0 Å². The van der Waals surface area contributed by atoms with Crippen LogP contribution in [0.5, 0.6) is 0 Å². The van der Waals surface area contributed by atoms with Crippen LogP contribution in [0.3, 0.4) is 0 Å². The number of hydrogen-bond donors (Lipinski definition) is 0. The van der Waals surface area contributed by atoms with Crippen molar-refractivity contribution < 1.29 is 4.79 Å². The van der Waals surface area contributed by atoms with E-state index in [0.717, 1.165) is 16.8 Å². The molecule has 0 saturated heterocycles. The summed E-state index contributed by atoms with van der Waals surface area (Å²) >= 11 is 0. The van der Waals surface area contributed by atoms with E-state index in [-0.39, 0.29) is 5.91 Å². The molecule has 1 aliphatic rings. The van der Waals surface area contributed by atoms with Crippen LogP contribution in [0.15, 0.2) is 55.0 Å². The van der Waals surface area contributed by atoms with E-state index in [1.807, 2.05) is 49.6 Å². The summed E-state index contributed by atoms with van der Waals surface area (Å²) in [5.41, 5.74) is 4.05. The van der Waals surface area contributed by atoms with E-state index in [2.05, 4.69) is 19.9 Å². The van der Waals surface area contributed by atoms with Crippen LogP contribution in [0.2, 0.25) is 0 Å². The zero-order valence-electron chi connectivity index (χ0n) is 14.7. The lowest BCUT2D eigenvalue weighted by Crippen LogP contribution is -2.27. The third kappa shape index (κ3) is 2.55. The molecule has 132 valence electrons. The molecule has 1 aliphatic heterocycles. The Morgan fingerprint density at radius 2 is 1.89 bits per heavy atom. The zero-order valence-corrected chi connectivity index (χ0v) is 14.7. The molecule has 0 saturated carbocycles. The first-order valence-corrected chi connectivity index (χ1v) is 8.70. The average molecular weight is 356 g/mol. The number of imidazole rings is 1. The van der Waals surface area contributed by atoms with Crippen molar-refractivity contribution in [2.75, 3.05) is 0 Å². The van der Waals surface area contributed by atoms with Crippen LogP contribution in [0.25, 0.3) is 17.2 Å². The van der Waals surface area contributed by atoms with E-state index in [1.54, 1.807) is 21.6 Å². The Morgan fingerprint density at radius 1 is 1.04 bits per heavy atom. The SMILES string of the molecule is Cc1nc2ncccn2c1C(=O)N1Cc2cnc(-c3ccccc3)nc2C1. The predicted octanol–water partition coefficient (Wildman–Crippen LogP) is 2.65. The van der Waals surface area contributed by atoms with Crippen LogP contribution < -0.4 is 0 Å². The second-order valence-electron chi connectivity index (χ2n) is 6.53. The molecule has 0 radical (unpaired) electrons. The number of benzene rings is 1. The molecule has 0 N–H and O–H groups in total. The topological polar surface area (TPSA) is 76.3 Å². The van der Waals surface area contributed by atoms with E-state index in [0.29, 0.717) is 36.1 Å². The van der Waals surface area contributed by atoms with Crippen LogP contribution in [-0.4, -0.2) is 35.1 Å². The molecular weight excluding hydrogens is 340 g/mol. The average Bonchev–Trinajstić information content (AvgIpc) is 3.27. The highest BCUT2D eigenvalue weighted by Crippen LogP contribution is 2.25. The maximum atomic E-state index is 13.2. The highest BCUT2D eigenvalue weighted by Gasteiger charge is 2.29. The molecule has 7 nitrogen and oxygen atoms in total.